The van der Waals surface area contributed by atoms with Crippen LogP contribution in [0.1, 0.15) is 12.5 Å². The van der Waals surface area contributed by atoms with Gasteiger partial charge in [0.15, 0.2) is 17.2 Å². The largest absolute Gasteiger partial charge is 0.505 e. The molecule has 1 rings (SSSR count). The SMILES string of the molecule is C/C=C/c1c(O)c(OC)c(Cl)c(O)c1Cl. The summed E-state index contributed by atoms with van der Waals surface area (Å²) in [5.74, 6) is -0.490. The van der Waals surface area contributed by atoms with Gasteiger partial charge in [-0.05, 0) is 6.92 Å². The van der Waals surface area contributed by atoms with Gasteiger partial charge in [-0.25, -0.2) is 0 Å². The fraction of sp³-hybridized carbons (Fsp3) is 0.200. The first-order chi connectivity index (χ1) is 7.04. The minimum Gasteiger partial charge on any atom is -0.505 e. The Balaban J connectivity index is 3.60. The quantitative estimate of drug-likeness (QED) is 0.789. The summed E-state index contributed by atoms with van der Waals surface area (Å²) in [5.41, 5.74) is 0.276. The minimum atomic E-state index is -0.305. The Kier molecular flexibility index (Phi) is 3.72. The van der Waals surface area contributed by atoms with Crippen LogP contribution in [0.5, 0.6) is 17.2 Å². The van der Waals surface area contributed by atoms with Gasteiger partial charge < -0.3 is 14.9 Å². The molecular formula is C10H10Cl2O3. The number of allylic oxidation sites excluding steroid dienone is 1. The maximum Gasteiger partial charge on any atom is 0.183 e. The van der Waals surface area contributed by atoms with Crippen molar-refractivity contribution in [3.63, 3.8) is 0 Å². The molecule has 0 amide bonds. The van der Waals surface area contributed by atoms with Gasteiger partial charge in [0.25, 0.3) is 0 Å². The molecule has 82 valence electrons. The van der Waals surface area contributed by atoms with E-state index in [4.69, 9.17) is 27.9 Å². The van der Waals surface area contributed by atoms with Gasteiger partial charge in [-0.15, -0.1) is 0 Å². The van der Waals surface area contributed by atoms with Gasteiger partial charge in [-0.2, -0.15) is 0 Å². The van der Waals surface area contributed by atoms with E-state index in [0.29, 0.717) is 0 Å². The number of ether oxygens (including phenoxy) is 1. The lowest BCUT2D eigenvalue weighted by Gasteiger charge is -2.12. The van der Waals surface area contributed by atoms with E-state index in [9.17, 15) is 10.2 Å². The molecule has 0 aliphatic rings. The Hall–Kier alpha value is -1.06. The zero-order chi connectivity index (χ0) is 11.6. The number of benzene rings is 1. The molecule has 0 unspecified atom stereocenters. The molecule has 0 saturated carbocycles. The molecule has 0 aliphatic heterocycles. The topological polar surface area (TPSA) is 49.7 Å². The highest BCUT2D eigenvalue weighted by Crippen LogP contribution is 2.48. The van der Waals surface area contributed by atoms with Crippen LogP contribution in [-0.2, 0) is 0 Å². The zero-order valence-corrected chi connectivity index (χ0v) is 9.73. The summed E-state index contributed by atoms with van der Waals surface area (Å²) in [7, 11) is 1.34. The van der Waals surface area contributed by atoms with E-state index >= 15 is 0 Å². The van der Waals surface area contributed by atoms with Crippen LogP contribution in [0.4, 0.5) is 0 Å². The Morgan fingerprint density at radius 1 is 1.13 bits per heavy atom. The molecule has 0 spiro atoms. The third-order valence-electron chi connectivity index (χ3n) is 1.86. The van der Waals surface area contributed by atoms with Gasteiger partial charge in [0, 0.05) is 5.56 Å². The van der Waals surface area contributed by atoms with E-state index in [-0.39, 0.29) is 32.9 Å². The van der Waals surface area contributed by atoms with Gasteiger partial charge in [0.1, 0.15) is 5.02 Å². The number of hydrogen-bond acceptors (Lipinski definition) is 3. The average molecular weight is 249 g/mol. The zero-order valence-electron chi connectivity index (χ0n) is 8.21. The van der Waals surface area contributed by atoms with Crippen molar-refractivity contribution < 1.29 is 14.9 Å². The molecule has 1 aromatic rings. The van der Waals surface area contributed by atoms with Crippen molar-refractivity contribution in [2.45, 2.75) is 6.92 Å². The van der Waals surface area contributed by atoms with Crippen molar-refractivity contribution in [2.75, 3.05) is 7.11 Å². The lowest BCUT2D eigenvalue weighted by Crippen LogP contribution is -1.89. The van der Waals surface area contributed by atoms with Crippen LogP contribution in [-0.4, -0.2) is 17.3 Å². The van der Waals surface area contributed by atoms with E-state index in [1.165, 1.54) is 7.11 Å². The lowest BCUT2D eigenvalue weighted by molar-refractivity contribution is 0.368. The number of phenols is 2. The second-order valence-corrected chi connectivity index (χ2v) is 3.53. The second kappa shape index (κ2) is 4.64. The van der Waals surface area contributed by atoms with Crippen molar-refractivity contribution in [1.82, 2.24) is 0 Å². The molecule has 15 heavy (non-hydrogen) atoms. The Labute approximate surface area is 97.5 Å². The summed E-state index contributed by atoms with van der Waals surface area (Å²) in [6.45, 7) is 1.76. The molecule has 0 fully saturated rings. The highest BCUT2D eigenvalue weighted by molar-refractivity contribution is 6.39. The molecular weight excluding hydrogens is 239 g/mol. The van der Waals surface area contributed by atoms with Crippen LogP contribution in [0.2, 0.25) is 10.0 Å². The molecule has 0 aliphatic carbocycles. The number of hydrogen-bond donors (Lipinski definition) is 2. The standard InChI is InChI=1S/C10H10Cl2O3/c1-3-4-5-6(11)9(14)7(12)10(15-2)8(5)13/h3-4,13-14H,1-2H3/b4-3+. The predicted octanol–water partition coefficient (Wildman–Crippen LogP) is 3.45. The fourth-order valence-electron chi connectivity index (χ4n) is 1.17. The lowest BCUT2D eigenvalue weighted by atomic mass is 10.1. The van der Waals surface area contributed by atoms with E-state index in [1.54, 1.807) is 19.1 Å². The summed E-state index contributed by atoms with van der Waals surface area (Å²) in [6, 6.07) is 0. The Morgan fingerprint density at radius 2 is 1.73 bits per heavy atom. The van der Waals surface area contributed by atoms with Crippen LogP contribution < -0.4 is 4.74 Å². The van der Waals surface area contributed by atoms with Gasteiger partial charge in [-0.1, -0.05) is 35.4 Å². The van der Waals surface area contributed by atoms with Crippen molar-refractivity contribution in [2.24, 2.45) is 0 Å². The third-order valence-corrected chi connectivity index (χ3v) is 2.59. The van der Waals surface area contributed by atoms with Crippen LogP contribution in [0.25, 0.3) is 6.08 Å². The second-order valence-electron chi connectivity index (χ2n) is 2.77. The van der Waals surface area contributed by atoms with E-state index in [0.717, 1.165) is 0 Å². The highest BCUT2D eigenvalue weighted by atomic mass is 35.5. The Bertz CT molecular complexity index is 414. The number of halogens is 2. The molecule has 0 heterocycles. The average Bonchev–Trinajstić information content (AvgIpc) is 2.22. The summed E-state index contributed by atoms with van der Waals surface area (Å²) >= 11 is 11.5. The Morgan fingerprint density at radius 3 is 2.20 bits per heavy atom. The maximum absolute atomic E-state index is 9.75. The normalized spacial score (nSPS) is 10.9. The fourth-order valence-corrected chi connectivity index (χ4v) is 1.72. The van der Waals surface area contributed by atoms with Gasteiger partial charge >= 0.3 is 0 Å². The molecule has 0 aromatic heterocycles. The van der Waals surface area contributed by atoms with Gasteiger partial charge in [0.05, 0.1) is 12.1 Å². The van der Waals surface area contributed by atoms with Crippen molar-refractivity contribution >= 4 is 29.3 Å². The predicted molar refractivity (Wildman–Crippen MR) is 61.1 cm³/mol. The van der Waals surface area contributed by atoms with E-state index in [1.807, 2.05) is 0 Å². The molecule has 3 nitrogen and oxygen atoms in total. The number of rotatable bonds is 2. The van der Waals surface area contributed by atoms with Gasteiger partial charge in [-0.3, -0.25) is 0 Å². The summed E-state index contributed by atoms with van der Waals surface area (Å²) in [4.78, 5) is 0. The maximum atomic E-state index is 9.75. The summed E-state index contributed by atoms with van der Waals surface area (Å²) in [6.07, 6.45) is 3.23. The van der Waals surface area contributed by atoms with Crippen LogP contribution in [0.3, 0.4) is 0 Å². The first-order valence-electron chi connectivity index (χ1n) is 4.14. The number of phenolic OH excluding ortho intramolecular Hbond substituents is 2. The molecule has 0 atom stereocenters. The van der Waals surface area contributed by atoms with Crippen molar-refractivity contribution in [1.29, 1.82) is 0 Å². The van der Waals surface area contributed by atoms with E-state index in [2.05, 4.69) is 0 Å². The van der Waals surface area contributed by atoms with E-state index < -0.39 is 0 Å². The first kappa shape index (κ1) is 12.0. The number of methoxy groups -OCH3 is 1. The molecule has 0 radical (unpaired) electrons. The monoisotopic (exact) mass is 248 g/mol. The number of aromatic hydroxyl groups is 2. The minimum absolute atomic E-state index is 0.00333. The smallest absolute Gasteiger partial charge is 0.183 e. The van der Waals surface area contributed by atoms with Crippen LogP contribution in [0.15, 0.2) is 6.08 Å². The van der Waals surface area contributed by atoms with Crippen molar-refractivity contribution in [3.05, 3.63) is 21.7 Å². The molecule has 2 N–H and O–H groups in total. The summed E-state index contributed by atoms with van der Waals surface area (Å²) < 4.78 is 4.86. The molecule has 0 bridgehead atoms. The van der Waals surface area contributed by atoms with Crippen LogP contribution >= 0.6 is 23.2 Å². The third kappa shape index (κ3) is 1.98. The molecule has 1 aromatic carbocycles. The first-order valence-corrected chi connectivity index (χ1v) is 4.89. The molecule has 5 heteroatoms. The van der Waals surface area contributed by atoms with Crippen LogP contribution in [0, 0.1) is 0 Å². The summed E-state index contributed by atoms with van der Waals surface area (Å²) in [5, 5.41) is 19.2. The highest BCUT2D eigenvalue weighted by Gasteiger charge is 2.20. The molecule has 0 saturated heterocycles. The van der Waals surface area contributed by atoms with Gasteiger partial charge in [0.2, 0.25) is 0 Å². The van der Waals surface area contributed by atoms with Crippen molar-refractivity contribution in [3.8, 4) is 17.2 Å².